The van der Waals surface area contributed by atoms with Gasteiger partial charge in [-0.1, -0.05) is 31.2 Å². The Hall–Kier alpha value is -3.27. The van der Waals surface area contributed by atoms with Crippen LogP contribution >= 0.6 is 0 Å². The molecule has 3 heterocycles. The van der Waals surface area contributed by atoms with Gasteiger partial charge in [-0.05, 0) is 49.2 Å². The molecule has 0 spiro atoms. The molecule has 2 atom stereocenters. The molecule has 9 heteroatoms. The Labute approximate surface area is 206 Å². The summed E-state index contributed by atoms with van der Waals surface area (Å²) >= 11 is 0. The van der Waals surface area contributed by atoms with Crippen molar-refractivity contribution in [1.29, 1.82) is 0 Å². The van der Waals surface area contributed by atoms with Gasteiger partial charge in [-0.25, -0.2) is 22.6 Å². The second kappa shape index (κ2) is 9.41. The summed E-state index contributed by atoms with van der Waals surface area (Å²) in [6.07, 6.45) is 5.52. The van der Waals surface area contributed by atoms with Crippen LogP contribution in [-0.4, -0.2) is 54.7 Å². The summed E-state index contributed by atoms with van der Waals surface area (Å²) in [7, 11) is -3.54. The van der Waals surface area contributed by atoms with Crippen LogP contribution in [0.4, 0.5) is 5.69 Å². The molecule has 2 aromatic carbocycles. The minimum absolute atomic E-state index is 0.223. The van der Waals surface area contributed by atoms with E-state index in [1.54, 1.807) is 35.8 Å². The number of hydrogen-bond acceptors (Lipinski definition) is 6. The van der Waals surface area contributed by atoms with E-state index in [0.29, 0.717) is 24.3 Å². The molecule has 2 N–H and O–H groups in total. The molecule has 35 heavy (non-hydrogen) atoms. The number of nitrogens with zero attached hydrogens (tertiary/aromatic N) is 4. The highest BCUT2D eigenvalue weighted by Gasteiger charge is 2.24. The Bertz CT molecular complexity index is 1440. The maximum atomic E-state index is 12.4. The van der Waals surface area contributed by atoms with Crippen molar-refractivity contribution in [2.75, 3.05) is 24.5 Å². The third kappa shape index (κ3) is 4.54. The number of benzene rings is 2. The van der Waals surface area contributed by atoms with Crippen LogP contribution in [-0.2, 0) is 10.0 Å². The van der Waals surface area contributed by atoms with E-state index in [0.717, 1.165) is 35.3 Å². The van der Waals surface area contributed by atoms with Crippen molar-refractivity contribution in [2.45, 2.75) is 37.8 Å². The number of fused-ring (bicyclic) bond motifs is 1. The fourth-order valence-electron chi connectivity index (χ4n) is 4.80. The summed E-state index contributed by atoms with van der Waals surface area (Å²) in [5, 5.41) is 7.97. The van der Waals surface area contributed by atoms with Gasteiger partial charge in [0.1, 0.15) is 0 Å². The van der Waals surface area contributed by atoms with Gasteiger partial charge in [0.25, 0.3) is 0 Å². The molecule has 0 amide bonds. The van der Waals surface area contributed by atoms with Crippen LogP contribution < -0.4 is 14.9 Å². The van der Waals surface area contributed by atoms with Gasteiger partial charge in [-0.2, -0.15) is 5.10 Å². The molecule has 0 aliphatic carbocycles. The lowest BCUT2D eigenvalue weighted by Crippen LogP contribution is -2.55. The average Bonchev–Trinajstić information content (AvgIpc) is 3.28. The summed E-state index contributed by atoms with van der Waals surface area (Å²) in [4.78, 5) is 7.36. The molecule has 4 aromatic rings. The maximum Gasteiger partial charge on any atom is 0.240 e. The largest absolute Gasteiger partial charge is 0.364 e. The third-order valence-corrected chi connectivity index (χ3v) is 8.02. The number of aromatic nitrogens is 3. The summed E-state index contributed by atoms with van der Waals surface area (Å²) < 4.78 is 29.1. The van der Waals surface area contributed by atoms with Crippen molar-refractivity contribution >= 4 is 21.4 Å². The standard InChI is InChI=1S/C26H30N6O2S/c1-4-30-35(33,34)24-7-5-6-21(12-24)25-16-29-31-17-22(15-28-26(25)31)20-8-10-23(11-9-20)32-18(2)13-27-14-19(32)3/h5-12,15-19,27,30H,4,13-14H2,1-3H3/t18-,19+. The van der Waals surface area contributed by atoms with E-state index in [9.17, 15) is 8.42 Å². The number of anilines is 1. The van der Waals surface area contributed by atoms with Crippen LogP contribution in [0.3, 0.4) is 0 Å². The van der Waals surface area contributed by atoms with Crippen molar-refractivity contribution in [3.63, 3.8) is 0 Å². The predicted octanol–water partition coefficient (Wildman–Crippen LogP) is 3.55. The van der Waals surface area contributed by atoms with Gasteiger partial charge in [0, 0.05) is 60.9 Å². The SMILES string of the molecule is CCNS(=O)(=O)c1cccc(-c2cnn3cc(-c4ccc(N5[C@H](C)CNC[C@@H]5C)cc4)cnc23)c1. The van der Waals surface area contributed by atoms with Gasteiger partial charge < -0.3 is 10.2 Å². The van der Waals surface area contributed by atoms with Gasteiger partial charge in [0.15, 0.2) is 5.65 Å². The average molecular weight is 491 g/mol. The number of rotatable bonds is 6. The number of nitrogens with one attached hydrogen (secondary N) is 2. The van der Waals surface area contributed by atoms with Crippen molar-refractivity contribution in [3.8, 4) is 22.3 Å². The van der Waals surface area contributed by atoms with Crippen molar-refractivity contribution in [3.05, 3.63) is 67.1 Å². The minimum Gasteiger partial charge on any atom is -0.364 e. The molecule has 1 fully saturated rings. The Morgan fingerprint density at radius 1 is 1.00 bits per heavy atom. The van der Waals surface area contributed by atoms with Crippen molar-refractivity contribution in [1.82, 2.24) is 24.6 Å². The lowest BCUT2D eigenvalue weighted by molar-refractivity contribution is 0.432. The summed E-state index contributed by atoms with van der Waals surface area (Å²) in [6.45, 7) is 8.55. The highest BCUT2D eigenvalue weighted by Crippen LogP contribution is 2.29. The van der Waals surface area contributed by atoms with E-state index in [2.05, 4.69) is 63.1 Å². The van der Waals surface area contributed by atoms with Crippen LogP contribution in [0.25, 0.3) is 27.9 Å². The van der Waals surface area contributed by atoms with Crippen LogP contribution in [0.15, 0.2) is 72.0 Å². The fraction of sp³-hybridized carbons (Fsp3) is 0.308. The first kappa shape index (κ1) is 23.5. The van der Waals surface area contributed by atoms with E-state index in [1.165, 1.54) is 5.69 Å². The molecule has 0 bridgehead atoms. The van der Waals surface area contributed by atoms with E-state index in [1.807, 2.05) is 18.5 Å². The molecular formula is C26H30N6O2S. The maximum absolute atomic E-state index is 12.4. The molecule has 2 aromatic heterocycles. The van der Waals surface area contributed by atoms with Gasteiger partial charge in [0.2, 0.25) is 10.0 Å². The monoisotopic (exact) mass is 490 g/mol. The van der Waals surface area contributed by atoms with Gasteiger partial charge in [-0.15, -0.1) is 0 Å². The second-order valence-corrected chi connectivity index (χ2v) is 10.8. The van der Waals surface area contributed by atoms with Crippen molar-refractivity contribution in [2.24, 2.45) is 0 Å². The molecule has 182 valence electrons. The molecule has 0 radical (unpaired) electrons. The predicted molar refractivity (Wildman–Crippen MR) is 139 cm³/mol. The molecule has 1 aliphatic rings. The zero-order valence-corrected chi connectivity index (χ0v) is 21.0. The lowest BCUT2D eigenvalue weighted by Gasteiger charge is -2.41. The summed E-state index contributed by atoms with van der Waals surface area (Å²) in [5.41, 5.74) is 5.45. The first-order chi connectivity index (χ1) is 16.9. The van der Waals surface area contributed by atoms with Crippen LogP contribution in [0.5, 0.6) is 0 Å². The zero-order valence-electron chi connectivity index (χ0n) is 20.1. The molecular weight excluding hydrogens is 460 g/mol. The molecule has 8 nitrogen and oxygen atoms in total. The van der Waals surface area contributed by atoms with Gasteiger partial charge >= 0.3 is 0 Å². The fourth-order valence-corrected chi connectivity index (χ4v) is 5.89. The Kier molecular flexibility index (Phi) is 6.31. The van der Waals surface area contributed by atoms with E-state index < -0.39 is 10.0 Å². The van der Waals surface area contributed by atoms with Crippen LogP contribution in [0.1, 0.15) is 20.8 Å². The second-order valence-electron chi connectivity index (χ2n) is 9.01. The van der Waals surface area contributed by atoms with E-state index >= 15 is 0 Å². The van der Waals surface area contributed by atoms with Crippen LogP contribution in [0, 0.1) is 0 Å². The molecule has 1 aliphatic heterocycles. The zero-order chi connectivity index (χ0) is 24.6. The van der Waals surface area contributed by atoms with Crippen LogP contribution in [0.2, 0.25) is 0 Å². The topological polar surface area (TPSA) is 91.6 Å². The first-order valence-corrected chi connectivity index (χ1v) is 13.4. The molecule has 0 unspecified atom stereocenters. The summed E-state index contributed by atoms with van der Waals surface area (Å²) in [6, 6.07) is 16.3. The summed E-state index contributed by atoms with van der Waals surface area (Å²) in [5.74, 6) is 0. The Morgan fingerprint density at radius 2 is 1.74 bits per heavy atom. The van der Waals surface area contributed by atoms with E-state index in [4.69, 9.17) is 0 Å². The Balaban J connectivity index is 1.44. The molecule has 5 rings (SSSR count). The first-order valence-electron chi connectivity index (χ1n) is 11.9. The number of hydrogen-bond donors (Lipinski definition) is 2. The van der Waals surface area contributed by atoms with E-state index in [-0.39, 0.29) is 4.90 Å². The lowest BCUT2D eigenvalue weighted by atomic mass is 10.0. The van der Waals surface area contributed by atoms with Crippen molar-refractivity contribution < 1.29 is 8.42 Å². The molecule has 0 saturated carbocycles. The van der Waals surface area contributed by atoms with Gasteiger partial charge in [-0.3, -0.25) is 0 Å². The molecule has 1 saturated heterocycles. The quantitative estimate of drug-likeness (QED) is 0.430. The number of sulfonamides is 1. The minimum atomic E-state index is -3.54. The third-order valence-electron chi connectivity index (χ3n) is 6.47. The highest BCUT2D eigenvalue weighted by molar-refractivity contribution is 7.89. The smallest absolute Gasteiger partial charge is 0.240 e. The van der Waals surface area contributed by atoms with Gasteiger partial charge in [0.05, 0.1) is 11.1 Å². The highest BCUT2D eigenvalue weighted by atomic mass is 32.2. The normalized spacial score (nSPS) is 18.8. The Morgan fingerprint density at radius 3 is 2.46 bits per heavy atom. The number of piperazine rings is 1.